The summed E-state index contributed by atoms with van der Waals surface area (Å²) in [5.41, 5.74) is 0.715. The first kappa shape index (κ1) is 18.0. The summed E-state index contributed by atoms with van der Waals surface area (Å²) in [7, 11) is 1.65. The number of amides is 1. The number of nitrogens with one attached hydrogen (secondary N) is 1. The number of hydrogen-bond donors (Lipinski definition) is 1. The van der Waals surface area contributed by atoms with Gasteiger partial charge in [0.1, 0.15) is 11.3 Å². The second kappa shape index (κ2) is 8.40. The number of aromatic nitrogens is 1. The lowest BCUT2D eigenvalue weighted by Gasteiger charge is -2.23. The van der Waals surface area contributed by atoms with Gasteiger partial charge in [0.2, 0.25) is 0 Å². The van der Waals surface area contributed by atoms with Crippen LogP contribution < -0.4 is 5.32 Å². The van der Waals surface area contributed by atoms with Crippen LogP contribution >= 0.6 is 0 Å². The molecular formula is C17H24N2O3. The van der Waals surface area contributed by atoms with Gasteiger partial charge >= 0.3 is 6.09 Å². The summed E-state index contributed by atoms with van der Waals surface area (Å²) >= 11 is 0. The Bertz CT molecular complexity index is 529. The molecule has 0 aromatic carbocycles. The van der Waals surface area contributed by atoms with Crippen LogP contribution in [-0.2, 0) is 9.47 Å². The van der Waals surface area contributed by atoms with E-state index in [4.69, 9.17) is 15.9 Å². The molecule has 0 aliphatic heterocycles. The average Bonchev–Trinajstić information content (AvgIpc) is 2.44. The Kier molecular flexibility index (Phi) is 6.87. The van der Waals surface area contributed by atoms with Crippen LogP contribution in [0.4, 0.5) is 4.79 Å². The molecule has 5 heteroatoms. The van der Waals surface area contributed by atoms with Crippen LogP contribution in [0.3, 0.4) is 0 Å². The fourth-order valence-electron chi connectivity index (χ4n) is 1.90. The molecular weight excluding hydrogens is 280 g/mol. The van der Waals surface area contributed by atoms with Crippen molar-refractivity contribution in [3.05, 3.63) is 29.6 Å². The van der Waals surface area contributed by atoms with Gasteiger partial charge in [0.25, 0.3) is 0 Å². The molecule has 1 aromatic heterocycles. The Balaban J connectivity index is 2.83. The molecule has 0 aliphatic carbocycles. The van der Waals surface area contributed by atoms with Crippen LogP contribution in [0, 0.1) is 12.3 Å². The summed E-state index contributed by atoms with van der Waals surface area (Å²) in [6.07, 6.45) is 6.39. The molecule has 0 radical (unpaired) electrons. The summed E-state index contributed by atoms with van der Waals surface area (Å²) in [5.74, 6) is 2.50. The van der Waals surface area contributed by atoms with Crippen molar-refractivity contribution in [1.29, 1.82) is 0 Å². The van der Waals surface area contributed by atoms with Gasteiger partial charge in [-0.1, -0.05) is 12.0 Å². The van der Waals surface area contributed by atoms with E-state index < -0.39 is 11.7 Å². The number of pyridine rings is 1. The maximum atomic E-state index is 12.0. The zero-order valence-electron chi connectivity index (χ0n) is 13.7. The second-order valence-electron chi connectivity index (χ2n) is 5.93. The molecule has 0 spiro atoms. The van der Waals surface area contributed by atoms with Gasteiger partial charge in [0, 0.05) is 13.7 Å². The maximum Gasteiger partial charge on any atom is 0.408 e. The first-order valence-electron chi connectivity index (χ1n) is 7.27. The molecule has 1 N–H and O–H groups in total. The van der Waals surface area contributed by atoms with Gasteiger partial charge in [-0.05, 0) is 45.7 Å². The van der Waals surface area contributed by atoms with E-state index in [0.717, 1.165) is 12.1 Å². The van der Waals surface area contributed by atoms with E-state index in [0.29, 0.717) is 18.7 Å². The lowest BCUT2D eigenvalue weighted by Crippen LogP contribution is -2.35. The predicted octanol–water partition coefficient (Wildman–Crippen LogP) is 3.06. The molecule has 1 unspecified atom stereocenters. The lowest BCUT2D eigenvalue weighted by molar-refractivity contribution is 0.0496. The van der Waals surface area contributed by atoms with Gasteiger partial charge in [-0.25, -0.2) is 9.78 Å². The van der Waals surface area contributed by atoms with E-state index in [1.165, 1.54) is 0 Å². The normalized spacial score (nSPS) is 12.3. The molecule has 1 aromatic rings. The van der Waals surface area contributed by atoms with Crippen molar-refractivity contribution in [3.8, 4) is 12.3 Å². The van der Waals surface area contributed by atoms with Crippen LogP contribution in [0.15, 0.2) is 18.2 Å². The summed E-state index contributed by atoms with van der Waals surface area (Å²) < 4.78 is 10.4. The van der Waals surface area contributed by atoms with E-state index in [9.17, 15) is 4.79 Å². The highest BCUT2D eigenvalue weighted by Crippen LogP contribution is 2.18. The Morgan fingerprint density at radius 1 is 1.45 bits per heavy atom. The number of methoxy groups -OCH3 is 1. The van der Waals surface area contributed by atoms with Gasteiger partial charge in [-0.3, -0.25) is 0 Å². The lowest BCUT2D eigenvalue weighted by atomic mass is 10.1. The van der Waals surface area contributed by atoms with Crippen LogP contribution in [0.1, 0.15) is 51.0 Å². The molecule has 22 heavy (non-hydrogen) atoms. The molecule has 0 saturated carbocycles. The second-order valence-corrected chi connectivity index (χ2v) is 5.93. The molecule has 0 bridgehead atoms. The molecule has 0 aliphatic rings. The smallest absolute Gasteiger partial charge is 0.408 e. The zero-order chi connectivity index (χ0) is 16.6. The van der Waals surface area contributed by atoms with E-state index in [1.807, 2.05) is 32.9 Å². The first-order chi connectivity index (χ1) is 10.4. The van der Waals surface area contributed by atoms with Gasteiger partial charge in [0.15, 0.2) is 0 Å². The fourth-order valence-corrected chi connectivity index (χ4v) is 1.90. The van der Waals surface area contributed by atoms with Crippen LogP contribution in [0.2, 0.25) is 0 Å². The van der Waals surface area contributed by atoms with E-state index >= 15 is 0 Å². The summed E-state index contributed by atoms with van der Waals surface area (Å²) in [4.78, 5) is 16.4. The van der Waals surface area contributed by atoms with Gasteiger partial charge in [-0.15, -0.1) is 6.42 Å². The minimum atomic E-state index is -0.546. The van der Waals surface area contributed by atoms with Crippen molar-refractivity contribution in [2.75, 3.05) is 13.7 Å². The molecule has 1 atom stereocenters. The average molecular weight is 304 g/mol. The highest BCUT2D eigenvalue weighted by Gasteiger charge is 2.21. The SMILES string of the molecule is C#Cc1cccc(C(CCCOC)NC(=O)OC(C)(C)C)n1. The molecule has 0 saturated heterocycles. The van der Waals surface area contributed by atoms with Crippen LogP contribution in [0.25, 0.3) is 0 Å². The molecule has 1 rings (SSSR count). The third kappa shape index (κ3) is 6.59. The van der Waals surface area contributed by atoms with E-state index in [1.54, 1.807) is 13.2 Å². The van der Waals surface area contributed by atoms with Crippen molar-refractivity contribution >= 4 is 6.09 Å². The largest absolute Gasteiger partial charge is 0.444 e. The number of carbonyl (C=O) groups excluding carboxylic acids is 1. The monoisotopic (exact) mass is 304 g/mol. The Morgan fingerprint density at radius 3 is 2.77 bits per heavy atom. The van der Waals surface area contributed by atoms with Crippen LogP contribution in [-0.4, -0.2) is 30.4 Å². The molecule has 1 amide bonds. The maximum absolute atomic E-state index is 12.0. The zero-order valence-corrected chi connectivity index (χ0v) is 13.7. The predicted molar refractivity (Wildman–Crippen MR) is 85.4 cm³/mol. The Hall–Kier alpha value is -2.06. The van der Waals surface area contributed by atoms with Crippen molar-refractivity contribution in [2.45, 2.75) is 45.3 Å². The topological polar surface area (TPSA) is 60.5 Å². The highest BCUT2D eigenvalue weighted by atomic mass is 16.6. The van der Waals surface area contributed by atoms with Gasteiger partial charge in [0.05, 0.1) is 11.7 Å². The number of nitrogens with zero attached hydrogens (tertiary/aromatic N) is 1. The number of carbonyl (C=O) groups is 1. The standard InChI is InChI=1S/C17H24N2O3/c1-6-13-9-7-10-14(18-13)15(11-8-12-21-5)19-16(20)22-17(2,3)4/h1,7,9-10,15H,8,11-12H2,2-5H3,(H,19,20). The molecule has 120 valence electrons. The number of rotatable bonds is 6. The molecule has 0 fully saturated rings. The number of alkyl carbamates (subject to hydrolysis) is 1. The third-order valence-electron chi connectivity index (χ3n) is 2.81. The first-order valence-corrected chi connectivity index (χ1v) is 7.27. The minimum Gasteiger partial charge on any atom is -0.444 e. The van der Waals surface area contributed by atoms with E-state index in [2.05, 4.69) is 16.2 Å². The Labute approximate surface area is 132 Å². The quantitative estimate of drug-likeness (QED) is 0.648. The van der Waals surface area contributed by atoms with E-state index in [-0.39, 0.29) is 6.04 Å². The highest BCUT2D eigenvalue weighted by molar-refractivity contribution is 5.68. The van der Waals surface area contributed by atoms with Crippen LogP contribution in [0.5, 0.6) is 0 Å². The van der Waals surface area contributed by atoms with Crippen molar-refractivity contribution < 1.29 is 14.3 Å². The Morgan fingerprint density at radius 2 is 2.18 bits per heavy atom. The third-order valence-corrected chi connectivity index (χ3v) is 2.81. The number of ether oxygens (including phenoxy) is 2. The molecule has 1 heterocycles. The fraction of sp³-hybridized carbons (Fsp3) is 0.529. The van der Waals surface area contributed by atoms with Gasteiger partial charge in [-0.2, -0.15) is 0 Å². The summed E-state index contributed by atoms with van der Waals surface area (Å²) in [6, 6.07) is 5.16. The molecule has 5 nitrogen and oxygen atoms in total. The van der Waals surface area contributed by atoms with Crippen molar-refractivity contribution in [3.63, 3.8) is 0 Å². The van der Waals surface area contributed by atoms with Crippen molar-refractivity contribution in [2.24, 2.45) is 0 Å². The number of terminal acetylenes is 1. The summed E-state index contributed by atoms with van der Waals surface area (Å²) in [6.45, 7) is 6.08. The van der Waals surface area contributed by atoms with Gasteiger partial charge < -0.3 is 14.8 Å². The minimum absolute atomic E-state index is 0.265. The summed E-state index contributed by atoms with van der Waals surface area (Å²) in [5, 5.41) is 2.85. The number of hydrogen-bond acceptors (Lipinski definition) is 4. The van der Waals surface area contributed by atoms with Crippen molar-refractivity contribution in [1.82, 2.24) is 10.3 Å².